The van der Waals surface area contributed by atoms with Crippen LogP contribution in [0.1, 0.15) is 32.0 Å². The number of hydrogen-bond acceptors (Lipinski definition) is 3. The third-order valence-corrected chi connectivity index (χ3v) is 3.33. The first kappa shape index (κ1) is 14.4. The molecule has 108 valence electrons. The number of aromatic nitrogens is 2. The fourth-order valence-electron chi connectivity index (χ4n) is 2.33. The van der Waals surface area contributed by atoms with Crippen molar-refractivity contribution in [3.8, 4) is 5.75 Å². The maximum Gasteiger partial charge on any atom is 0.311 e. The molecule has 0 saturated heterocycles. The fraction of sp³-hybridized carbons (Fsp3) is 0.467. The molecule has 0 unspecified atom stereocenters. The molecular weight excluding hydrogens is 256 g/mol. The molecule has 1 aromatic heterocycles. The van der Waals surface area contributed by atoms with E-state index < -0.39 is 5.97 Å². The lowest BCUT2D eigenvalue weighted by atomic mass is 10.2. The van der Waals surface area contributed by atoms with Crippen molar-refractivity contribution in [2.24, 2.45) is 0 Å². The number of fused-ring (bicyclic) bond motifs is 1. The topological polar surface area (TPSA) is 64.4 Å². The third kappa shape index (κ3) is 3.10. The summed E-state index contributed by atoms with van der Waals surface area (Å²) < 4.78 is 7.20. The second kappa shape index (κ2) is 6.41. The summed E-state index contributed by atoms with van der Waals surface area (Å²) in [5.41, 5.74) is 1.76. The summed E-state index contributed by atoms with van der Waals surface area (Å²) in [6, 6.07) is 5.67. The van der Waals surface area contributed by atoms with E-state index in [1.165, 1.54) is 0 Å². The van der Waals surface area contributed by atoms with Crippen LogP contribution in [0.2, 0.25) is 0 Å². The molecule has 0 bridgehead atoms. The Hall–Kier alpha value is -2.04. The highest BCUT2D eigenvalue weighted by molar-refractivity contribution is 5.79. The fourth-order valence-corrected chi connectivity index (χ4v) is 2.33. The molecule has 0 atom stereocenters. The quantitative estimate of drug-likeness (QED) is 0.790. The van der Waals surface area contributed by atoms with Crippen molar-refractivity contribution in [1.82, 2.24) is 9.55 Å². The average molecular weight is 276 g/mol. The Kier molecular flexibility index (Phi) is 4.61. The number of carboxylic acids is 1. The van der Waals surface area contributed by atoms with Crippen molar-refractivity contribution < 1.29 is 14.6 Å². The van der Waals surface area contributed by atoms with Gasteiger partial charge in [0, 0.05) is 12.6 Å². The van der Waals surface area contributed by atoms with Gasteiger partial charge in [0.25, 0.3) is 0 Å². The highest BCUT2D eigenvalue weighted by atomic mass is 16.5. The van der Waals surface area contributed by atoms with Crippen LogP contribution in [-0.4, -0.2) is 27.7 Å². The number of hydrogen-bond donors (Lipinski definition) is 1. The van der Waals surface area contributed by atoms with Crippen molar-refractivity contribution in [2.75, 3.05) is 7.11 Å². The van der Waals surface area contributed by atoms with Crippen molar-refractivity contribution in [2.45, 2.75) is 39.2 Å². The first-order chi connectivity index (χ1) is 9.65. The van der Waals surface area contributed by atoms with Crippen LogP contribution in [0, 0.1) is 0 Å². The summed E-state index contributed by atoms with van der Waals surface area (Å²) in [5.74, 6) is 0.485. The van der Waals surface area contributed by atoms with Gasteiger partial charge < -0.3 is 14.4 Å². The predicted octanol–water partition coefficient (Wildman–Crippen LogP) is 2.86. The molecule has 0 aliphatic carbocycles. The molecule has 5 heteroatoms. The van der Waals surface area contributed by atoms with E-state index in [9.17, 15) is 4.79 Å². The summed E-state index contributed by atoms with van der Waals surface area (Å²) in [7, 11) is 1.61. The van der Waals surface area contributed by atoms with Crippen molar-refractivity contribution in [3.63, 3.8) is 0 Å². The molecule has 1 aromatic carbocycles. The molecule has 1 N–H and O–H groups in total. The second-order valence-electron chi connectivity index (χ2n) is 4.81. The molecule has 0 saturated carbocycles. The molecule has 0 aliphatic heterocycles. The summed E-state index contributed by atoms with van der Waals surface area (Å²) >= 11 is 0. The molecule has 0 aliphatic rings. The second-order valence-corrected chi connectivity index (χ2v) is 4.81. The van der Waals surface area contributed by atoms with Gasteiger partial charge in [0.05, 0.1) is 18.1 Å². The number of carboxylic acid groups (broad SMARTS) is 1. The van der Waals surface area contributed by atoms with Crippen molar-refractivity contribution >= 4 is 17.0 Å². The Morgan fingerprint density at radius 2 is 2.20 bits per heavy atom. The van der Waals surface area contributed by atoms with Gasteiger partial charge in [0.2, 0.25) is 0 Å². The lowest BCUT2D eigenvalue weighted by Gasteiger charge is -2.07. The number of ether oxygens (including phenoxy) is 1. The van der Waals surface area contributed by atoms with Crippen LogP contribution in [-0.2, 0) is 17.8 Å². The van der Waals surface area contributed by atoms with Crippen LogP contribution in [0.5, 0.6) is 5.75 Å². The van der Waals surface area contributed by atoms with Crippen LogP contribution in [0.3, 0.4) is 0 Å². The zero-order chi connectivity index (χ0) is 14.5. The average Bonchev–Trinajstić information content (AvgIpc) is 2.75. The zero-order valence-corrected chi connectivity index (χ0v) is 11.9. The summed E-state index contributed by atoms with van der Waals surface area (Å²) in [6.07, 6.45) is 3.24. The van der Waals surface area contributed by atoms with Crippen molar-refractivity contribution in [1.29, 1.82) is 0 Å². The van der Waals surface area contributed by atoms with Crippen molar-refractivity contribution in [3.05, 3.63) is 24.0 Å². The number of imidazole rings is 1. The zero-order valence-electron chi connectivity index (χ0n) is 11.9. The highest BCUT2D eigenvalue weighted by Crippen LogP contribution is 2.22. The van der Waals surface area contributed by atoms with Crippen LogP contribution >= 0.6 is 0 Å². The molecule has 2 rings (SSSR count). The summed E-state index contributed by atoms with van der Waals surface area (Å²) in [4.78, 5) is 15.4. The number of methoxy groups -OCH3 is 1. The van der Waals surface area contributed by atoms with E-state index in [4.69, 9.17) is 9.84 Å². The standard InChI is InChI=1S/C15H20N2O3/c1-3-4-5-8-17-13-7-6-11(20-2)9-12(13)16-14(17)10-15(18)19/h6-7,9H,3-5,8,10H2,1-2H3,(H,18,19). The minimum Gasteiger partial charge on any atom is -0.497 e. The molecule has 20 heavy (non-hydrogen) atoms. The van der Waals surface area contributed by atoms with E-state index >= 15 is 0 Å². The SMILES string of the molecule is CCCCCn1c(CC(=O)O)nc2cc(OC)ccc21. The summed E-state index contributed by atoms with van der Waals surface area (Å²) in [6.45, 7) is 2.95. The molecule has 0 fully saturated rings. The summed E-state index contributed by atoms with van der Waals surface area (Å²) in [5, 5.41) is 9.01. The molecule has 0 radical (unpaired) electrons. The van der Waals surface area contributed by atoms with Gasteiger partial charge in [-0.25, -0.2) is 4.98 Å². The van der Waals surface area contributed by atoms with Crippen LogP contribution in [0.15, 0.2) is 18.2 Å². The molecule has 2 aromatic rings. The van der Waals surface area contributed by atoms with E-state index in [2.05, 4.69) is 11.9 Å². The van der Waals surface area contributed by atoms with E-state index in [-0.39, 0.29) is 6.42 Å². The van der Waals surface area contributed by atoms with Gasteiger partial charge in [0.1, 0.15) is 18.0 Å². The monoisotopic (exact) mass is 276 g/mol. The van der Waals surface area contributed by atoms with Gasteiger partial charge >= 0.3 is 5.97 Å². The Bertz CT molecular complexity index is 604. The number of unbranched alkanes of at least 4 members (excludes halogenated alkanes) is 2. The van der Waals surface area contributed by atoms with Gasteiger partial charge in [-0.2, -0.15) is 0 Å². The largest absolute Gasteiger partial charge is 0.497 e. The van der Waals surface area contributed by atoms with E-state index in [0.29, 0.717) is 5.82 Å². The van der Waals surface area contributed by atoms with E-state index in [1.54, 1.807) is 7.11 Å². The Morgan fingerprint density at radius 1 is 1.40 bits per heavy atom. The van der Waals surface area contributed by atoms with Crippen LogP contribution in [0.4, 0.5) is 0 Å². The normalized spacial score (nSPS) is 10.9. The van der Waals surface area contributed by atoms with Gasteiger partial charge in [-0.05, 0) is 18.6 Å². The minimum atomic E-state index is -0.857. The maximum absolute atomic E-state index is 11.0. The maximum atomic E-state index is 11.0. The molecule has 0 spiro atoms. The number of aliphatic carboxylic acids is 1. The lowest BCUT2D eigenvalue weighted by Crippen LogP contribution is -2.09. The number of carbonyl (C=O) groups is 1. The predicted molar refractivity (Wildman–Crippen MR) is 77.1 cm³/mol. The lowest BCUT2D eigenvalue weighted by molar-refractivity contribution is -0.136. The van der Waals surface area contributed by atoms with Crippen LogP contribution in [0.25, 0.3) is 11.0 Å². The Morgan fingerprint density at radius 3 is 2.85 bits per heavy atom. The van der Waals surface area contributed by atoms with Crippen LogP contribution < -0.4 is 4.74 Å². The first-order valence-corrected chi connectivity index (χ1v) is 6.90. The minimum absolute atomic E-state index is 0.0525. The molecular formula is C15H20N2O3. The molecule has 1 heterocycles. The Labute approximate surface area is 118 Å². The molecule has 5 nitrogen and oxygen atoms in total. The number of benzene rings is 1. The number of rotatable bonds is 7. The molecule has 0 amide bonds. The smallest absolute Gasteiger partial charge is 0.311 e. The van der Waals surface area contributed by atoms with E-state index in [0.717, 1.165) is 42.6 Å². The van der Waals surface area contributed by atoms with Gasteiger partial charge in [-0.3, -0.25) is 4.79 Å². The Balaban J connectivity index is 2.39. The third-order valence-electron chi connectivity index (χ3n) is 3.33. The first-order valence-electron chi connectivity index (χ1n) is 6.90. The number of aryl methyl sites for hydroxylation is 1. The highest BCUT2D eigenvalue weighted by Gasteiger charge is 2.13. The van der Waals surface area contributed by atoms with Gasteiger partial charge in [0.15, 0.2) is 0 Å². The van der Waals surface area contributed by atoms with Gasteiger partial charge in [-0.15, -0.1) is 0 Å². The van der Waals surface area contributed by atoms with E-state index in [1.807, 2.05) is 22.8 Å². The van der Waals surface area contributed by atoms with Gasteiger partial charge in [-0.1, -0.05) is 19.8 Å². The number of nitrogens with zero attached hydrogens (tertiary/aromatic N) is 2.